The summed E-state index contributed by atoms with van der Waals surface area (Å²) in [5, 5.41) is 8.85. The van der Waals surface area contributed by atoms with Crippen LogP contribution in [0.3, 0.4) is 0 Å². The van der Waals surface area contributed by atoms with Crippen molar-refractivity contribution >= 4 is 16.7 Å². The third-order valence-electron chi connectivity index (χ3n) is 3.12. The minimum absolute atomic E-state index is 0.0463. The molecular formula is C16H17FN4OS. The van der Waals surface area contributed by atoms with Gasteiger partial charge in [-0.3, -0.25) is 0 Å². The van der Waals surface area contributed by atoms with Crippen molar-refractivity contribution in [3.8, 4) is 6.07 Å². The highest BCUT2D eigenvalue weighted by atomic mass is 32.2. The largest absolute Gasteiger partial charge is 0.332 e. The minimum Gasteiger partial charge on any atom is -0.332 e. The molecule has 1 unspecified atom stereocenters. The van der Waals surface area contributed by atoms with Crippen LogP contribution in [0.5, 0.6) is 0 Å². The molecule has 0 bridgehead atoms. The molecule has 0 saturated heterocycles. The lowest BCUT2D eigenvalue weighted by atomic mass is 10.1. The van der Waals surface area contributed by atoms with Crippen LogP contribution >= 0.6 is 0 Å². The summed E-state index contributed by atoms with van der Waals surface area (Å²) >= 11 is 0. The molecule has 1 aromatic carbocycles. The fraction of sp³-hybridized carbons (Fsp3) is 0.312. The lowest BCUT2D eigenvalue weighted by molar-refractivity contribution is 0.623. The van der Waals surface area contributed by atoms with Gasteiger partial charge >= 0.3 is 0 Å². The summed E-state index contributed by atoms with van der Waals surface area (Å²) in [6, 6.07) is 5.98. The van der Waals surface area contributed by atoms with Crippen LogP contribution in [0.2, 0.25) is 0 Å². The van der Waals surface area contributed by atoms with Gasteiger partial charge in [0, 0.05) is 12.6 Å². The predicted octanol–water partition coefficient (Wildman–Crippen LogP) is 2.73. The van der Waals surface area contributed by atoms with E-state index in [1.807, 2.05) is 20.8 Å². The summed E-state index contributed by atoms with van der Waals surface area (Å²) in [6.07, 6.45) is 3.17. The Morgan fingerprint density at radius 3 is 2.61 bits per heavy atom. The average Bonchev–Trinajstić information content (AvgIpc) is 2.89. The topological polar surface area (TPSA) is 71.0 Å². The standard InChI is InChI=1S/C16H17FN4OS/c1-16(2,3)23(22)20-15(14-9-19-10-21(14)4)11-5-6-12(8-18)13(17)7-11/h5-7,9-10H,1-4H3/b20-15-. The molecule has 0 amide bonds. The number of benzene rings is 1. The first-order valence-electron chi connectivity index (χ1n) is 6.91. The van der Waals surface area contributed by atoms with Crippen LogP contribution in [0.4, 0.5) is 4.39 Å². The number of nitrogens with zero attached hydrogens (tertiary/aromatic N) is 4. The quantitative estimate of drug-likeness (QED) is 0.811. The molecule has 0 aliphatic carbocycles. The Morgan fingerprint density at radius 1 is 1.43 bits per heavy atom. The molecular weight excluding hydrogens is 315 g/mol. The molecule has 0 saturated carbocycles. The van der Waals surface area contributed by atoms with E-state index in [0.29, 0.717) is 17.0 Å². The van der Waals surface area contributed by atoms with Crippen molar-refractivity contribution < 1.29 is 8.60 Å². The molecule has 2 rings (SSSR count). The molecule has 0 N–H and O–H groups in total. The summed E-state index contributed by atoms with van der Waals surface area (Å²) < 4.78 is 31.8. The van der Waals surface area contributed by atoms with Crippen molar-refractivity contribution in [1.29, 1.82) is 5.26 Å². The van der Waals surface area contributed by atoms with Crippen molar-refractivity contribution in [3.05, 3.63) is 53.4 Å². The Hall–Kier alpha value is -2.33. The SMILES string of the molecule is Cn1cncc1/C(=N\S(=O)C(C)(C)C)c1ccc(C#N)c(F)c1. The fourth-order valence-electron chi connectivity index (χ4n) is 1.81. The molecule has 120 valence electrons. The zero-order chi connectivity index (χ0) is 17.2. The summed E-state index contributed by atoms with van der Waals surface area (Å²) in [5.41, 5.74) is 1.39. The molecule has 1 aromatic heterocycles. The zero-order valence-electron chi connectivity index (χ0n) is 13.4. The van der Waals surface area contributed by atoms with Gasteiger partial charge in [0.1, 0.15) is 28.6 Å². The Bertz CT molecular complexity index is 827. The molecule has 0 fully saturated rings. The molecule has 0 spiro atoms. The maximum absolute atomic E-state index is 13.9. The van der Waals surface area contributed by atoms with E-state index in [1.165, 1.54) is 12.1 Å². The number of rotatable bonds is 3. The Balaban J connectivity index is 2.62. The van der Waals surface area contributed by atoms with E-state index in [9.17, 15) is 8.60 Å². The lowest BCUT2D eigenvalue weighted by Crippen LogP contribution is -2.22. The summed E-state index contributed by atoms with van der Waals surface area (Å²) in [4.78, 5) is 4.03. The maximum atomic E-state index is 13.9. The van der Waals surface area contributed by atoms with Gasteiger partial charge in [-0.15, -0.1) is 0 Å². The second-order valence-corrected chi connectivity index (χ2v) is 7.90. The zero-order valence-corrected chi connectivity index (χ0v) is 14.2. The number of aryl methyl sites for hydroxylation is 1. The highest BCUT2D eigenvalue weighted by molar-refractivity contribution is 7.85. The third kappa shape index (κ3) is 3.71. The summed E-state index contributed by atoms with van der Waals surface area (Å²) in [5.74, 6) is -0.638. The third-order valence-corrected chi connectivity index (χ3v) is 4.52. The number of nitriles is 1. The second-order valence-electron chi connectivity index (χ2n) is 6.00. The number of aromatic nitrogens is 2. The van der Waals surface area contributed by atoms with E-state index in [0.717, 1.165) is 0 Å². The van der Waals surface area contributed by atoms with Crippen LogP contribution < -0.4 is 0 Å². The molecule has 1 atom stereocenters. The number of halogens is 1. The normalized spacial score (nSPS) is 13.7. The van der Waals surface area contributed by atoms with Crippen molar-refractivity contribution in [2.24, 2.45) is 11.4 Å². The highest BCUT2D eigenvalue weighted by Gasteiger charge is 2.22. The lowest BCUT2D eigenvalue weighted by Gasteiger charge is -2.15. The van der Waals surface area contributed by atoms with Gasteiger partial charge in [0.25, 0.3) is 0 Å². The molecule has 5 nitrogen and oxygen atoms in total. The van der Waals surface area contributed by atoms with Crippen molar-refractivity contribution in [3.63, 3.8) is 0 Å². The first-order valence-corrected chi connectivity index (χ1v) is 8.02. The summed E-state index contributed by atoms with van der Waals surface area (Å²) in [6.45, 7) is 5.44. The van der Waals surface area contributed by atoms with Crippen LogP contribution in [-0.2, 0) is 18.0 Å². The van der Waals surface area contributed by atoms with Gasteiger partial charge in [-0.25, -0.2) is 13.6 Å². The maximum Gasteiger partial charge on any atom is 0.145 e. The molecule has 7 heteroatoms. The van der Waals surface area contributed by atoms with Gasteiger partial charge in [0.2, 0.25) is 0 Å². The number of hydrogen-bond donors (Lipinski definition) is 0. The van der Waals surface area contributed by atoms with E-state index >= 15 is 0 Å². The highest BCUT2D eigenvalue weighted by Crippen LogP contribution is 2.19. The van der Waals surface area contributed by atoms with Crippen LogP contribution in [-0.4, -0.2) is 24.2 Å². The van der Waals surface area contributed by atoms with Crippen LogP contribution in [0.25, 0.3) is 0 Å². The van der Waals surface area contributed by atoms with Gasteiger partial charge in [0.05, 0.1) is 28.5 Å². The van der Waals surface area contributed by atoms with E-state index in [1.54, 1.807) is 36.3 Å². The van der Waals surface area contributed by atoms with Crippen molar-refractivity contribution in [2.45, 2.75) is 25.5 Å². The smallest absolute Gasteiger partial charge is 0.145 e. The van der Waals surface area contributed by atoms with Crippen molar-refractivity contribution in [1.82, 2.24) is 9.55 Å². The van der Waals surface area contributed by atoms with E-state index in [4.69, 9.17) is 5.26 Å². The van der Waals surface area contributed by atoms with Gasteiger partial charge in [-0.05, 0) is 32.9 Å². The van der Waals surface area contributed by atoms with Gasteiger partial charge in [-0.2, -0.15) is 9.66 Å². The first-order chi connectivity index (χ1) is 10.7. The molecule has 1 heterocycles. The van der Waals surface area contributed by atoms with Crippen LogP contribution in [0.1, 0.15) is 37.6 Å². The molecule has 0 aliphatic heterocycles. The average molecular weight is 332 g/mol. The summed E-state index contributed by atoms with van der Waals surface area (Å²) in [7, 11) is 0.261. The van der Waals surface area contributed by atoms with Gasteiger partial charge in [0.15, 0.2) is 0 Å². The van der Waals surface area contributed by atoms with Gasteiger partial charge < -0.3 is 4.57 Å². The van der Waals surface area contributed by atoms with Gasteiger partial charge in [-0.1, -0.05) is 6.07 Å². The molecule has 2 aromatic rings. The minimum atomic E-state index is -1.52. The van der Waals surface area contributed by atoms with Crippen molar-refractivity contribution in [2.75, 3.05) is 0 Å². The van der Waals surface area contributed by atoms with E-state index in [2.05, 4.69) is 9.38 Å². The van der Waals surface area contributed by atoms with Crippen LogP contribution in [0.15, 0.2) is 35.1 Å². The van der Waals surface area contributed by atoms with Crippen LogP contribution in [0, 0.1) is 17.1 Å². The predicted molar refractivity (Wildman–Crippen MR) is 87.9 cm³/mol. The fourth-order valence-corrected chi connectivity index (χ4v) is 2.44. The Labute approximate surface area is 137 Å². The monoisotopic (exact) mass is 332 g/mol. The number of imidazole rings is 1. The Morgan fingerprint density at radius 2 is 2.13 bits per heavy atom. The number of hydrogen-bond acceptors (Lipinski definition) is 3. The molecule has 0 aliphatic rings. The molecule has 0 radical (unpaired) electrons. The molecule has 23 heavy (non-hydrogen) atoms. The first kappa shape index (κ1) is 17.0. The van der Waals surface area contributed by atoms with E-state index in [-0.39, 0.29) is 5.56 Å². The van der Waals surface area contributed by atoms with E-state index < -0.39 is 21.5 Å². The Kier molecular flexibility index (Phi) is 4.76. The second kappa shape index (κ2) is 6.42.